The molecule has 1 aliphatic carbocycles. The van der Waals surface area contributed by atoms with E-state index in [1.165, 1.54) is 19.3 Å². The molecular weight excluding hydrogens is 278 g/mol. The molecule has 1 aliphatic rings. The van der Waals surface area contributed by atoms with Crippen LogP contribution in [-0.4, -0.2) is 30.4 Å². The Morgan fingerprint density at radius 1 is 1.18 bits per heavy atom. The molecule has 1 unspecified atom stereocenters. The average molecular weight is 311 g/mol. The molecule has 0 spiro atoms. The largest absolute Gasteiger partial charge is 0.348 e. The van der Waals surface area contributed by atoms with Gasteiger partial charge in [-0.15, -0.1) is 0 Å². The Kier molecular flexibility index (Phi) is 7.87. The summed E-state index contributed by atoms with van der Waals surface area (Å²) in [5, 5.41) is 5.69. The molecule has 2 amide bonds. The minimum atomic E-state index is -0.403. The Balaban J connectivity index is 2.30. The van der Waals surface area contributed by atoms with E-state index in [1.54, 1.807) is 0 Å². The zero-order chi connectivity index (χ0) is 16.6. The maximum absolute atomic E-state index is 12.0. The summed E-state index contributed by atoms with van der Waals surface area (Å²) in [5.41, 5.74) is 5.38. The summed E-state index contributed by atoms with van der Waals surface area (Å²) in [5.74, 6) is 0.771. The molecule has 1 fully saturated rings. The number of amides is 2. The predicted octanol–water partition coefficient (Wildman–Crippen LogP) is 1.95. The van der Waals surface area contributed by atoms with Crippen molar-refractivity contribution in [2.45, 2.75) is 71.3 Å². The van der Waals surface area contributed by atoms with Crippen molar-refractivity contribution in [3.63, 3.8) is 0 Å². The average Bonchev–Trinajstić information content (AvgIpc) is 2.45. The molecule has 22 heavy (non-hydrogen) atoms. The Hall–Kier alpha value is -1.10. The maximum Gasteiger partial charge on any atom is 0.239 e. The molecule has 0 heterocycles. The van der Waals surface area contributed by atoms with Crippen molar-refractivity contribution in [2.75, 3.05) is 13.1 Å². The van der Waals surface area contributed by atoms with Gasteiger partial charge in [0.05, 0.1) is 6.54 Å². The summed E-state index contributed by atoms with van der Waals surface area (Å²) in [6.45, 7) is 6.60. The summed E-state index contributed by atoms with van der Waals surface area (Å²) in [7, 11) is 0. The van der Waals surface area contributed by atoms with Gasteiger partial charge < -0.3 is 16.4 Å². The molecule has 1 rings (SSSR count). The predicted molar refractivity (Wildman–Crippen MR) is 89.3 cm³/mol. The van der Waals surface area contributed by atoms with Crippen molar-refractivity contribution in [3.8, 4) is 0 Å². The number of nitrogens with one attached hydrogen (secondary N) is 2. The van der Waals surface area contributed by atoms with E-state index in [9.17, 15) is 9.59 Å². The smallest absolute Gasteiger partial charge is 0.239 e. The van der Waals surface area contributed by atoms with Crippen LogP contribution in [0.3, 0.4) is 0 Å². The van der Waals surface area contributed by atoms with Gasteiger partial charge in [0.1, 0.15) is 0 Å². The number of hydrogen-bond acceptors (Lipinski definition) is 3. The zero-order valence-electron chi connectivity index (χ0n) is 14.4. The van der Waals surface area contributed by atoms with Gasteiger partial charge in [-0.25, -0.2) is 0 Å². The van der Waals surface area contributed by atoms with Gasteiger partial charge in [0.25, 0.3) is 0 Å². The van der Waals surface area contributed by atoms with Crippen LogP contribution in [-0.2, 0) is 9.59 Å². The molecule has 0 radical (unpaired) electrons. The second-order valence-electron chi connectivity index (χ2n) is 7.40. The van der Waals surface area contributed by atoms with Crippen LogP contribution in [0.15, 0.2) is 0 Å². The standard InChI is InChI=1S/C17H33N3O2/c1-13(2)10-17(3,12-18)20-16(22)11-19-15(21)9-14-7-5-4-6-8-14/h13-14H,4-12,18H2,1-3H3,(H,19,21)(H,20,22). The zero-order valence-corrected chi connectivity index (χ0v) is 14.4. The maximum atomic E-state index is 12.0. The Labute approximate surface area is 134 Å². The second-order valence-corrected chi connectivity index (χ2v) is 7.40. The van der Waals surface area contributed by atoms with Crippen LogP contribution in [0.1, 0.15) is 65.7 Å². The quantitative estimate of drug-likeness (QED) is 0.640. The summed E-state index contributed by atoms with van der Waals surface area (Å²) >= 11 is 0. The first-order valence-corrected chi connectivity index (χ1v) is 8.62. The lowest BCUT2D eigenvalue weighted by atomic mass is 9.87. The van der Waals surface area contributed by atoms with Crippen molar-refractivity contribution in [2.24, 2.45) is 17.6 Å². The van der Waals surface area contributed by atoms with Crippen LogP contribution >= 0.6 is 0 Å². The Bertz CT molecular complexity index is 365. The van der Waals surface area contributed by atoms with Gasteiger partial charge in [0.15, 0.2) is 0 Å². The van der Waals surface area contributed by atoms with E-state index in [2.05, 4.69) is 24.5 Å². The number of rotatable bonds is 8. The third kappa shape index (κ3) is 7.25. The number of carbonyl (C=O) groups is 2. The highest BCUT2D eigenvalue weighted by atomic mass is 16.2. The third-order valence-corrected chi connectivity index (χ3v) is 4.40. The van der Waals surface area contributed by atoms with Crippen molar-refractivity contribution >= 4 is 11.8 Å². The molecule has 0 aromatic carbocycles. The van der Waals surface area contributed by atoms with E-state index in [0.717, 1.165) is 19.3 Å². The molecule has 128 valence electrons. The SMILES string of the molecule is CC(C)CC(C)(CN)NC(=O)CNC(=O)CC1CCCCC1. The molecule has 1 saturated carbocycles. The molecule has 0 aromatic heterocycles. The molecule has 0 aromatic rings. The highest BCUT2D eigenvalue weighted by molar-refractivity contribution is 5.85. The second kappa shape index (κ2) is 9.13. The number of hydrogen-bond donors (Lipinski definition) is 3. The van der Waals surface area contributed by atoms with Gasteiger partial charge in [-0.2, -0.15) is 0 Å². The van der Waals surface area contributed by atoms with Crippen LogP contribution in [0.2, 0.25) is 0 Å². The Morgan fingerprint density at radius 3 is 2.36 bits per heavy atom. The van der Waals surface area contributed by atoms with E-state index in [-0.39, 0.29) is 18.4 Å². The fourth-order valence-corrected chi connectivity index (χ4v) is 3.37. The first kappa shape index (κ1) is 18.9. The van der Waals surface area contributed by atoms with Crippen LogP contribution in [0.4, 0.5) is 0 Å². The number of carbonyl (C=O) groups excluding carboxylic acids is 2. The molecule has 1 atom stereocenters. The summed E-state index contributed by atoms with van der Waals surface area (Å²) in [6.07, 6.45) is 7.39. The van der Waals surface area contributed by atoms with Crippen LogP contribution in [0.5, 0.6) is 0 Å². The molecule has 0 saturated heterocycles. The molecular formula is C17H33N3O2. The molecule has 5 heteroatoms. The monoisotopic (exact) mass is 311 g/mol. The number of nitrogens with two attached hydrogens (primary N) is 1. The van der Waals surface area contributed by atoms with Crippen molar-refractivity contribution < 1.29 is 9.59 Å². The van der Waals surface area contributed by atoms with Gasteiger partial charge in [-0.1, -0.05) is 33.1 Å². The van der Waals surface area contributed by atoms with Crippen molar-refractivity contribution in [1.29, 1.82) is 0 Å². The van der Waals surface area contributed by atoms with E-state index >= 15 is 0 Å². The molecule has 0 aliphatic heterocycles. The van der Waals surface area contributed by atoms with E-state index < -0.39 is 5.54 Å². The molecule has 5 nitrogen and oxygen atoms in total. The lowest BCUT2D eigenvalue weighted by Gasteiger charge is -2.31. The van der Waals surface area contributed by atoms with Crippen LogP contribution in [0, 0.1) is 11.8 Å². The minimum Gasteiger partial charge on any atom is -0.348 e. The van der Waals surface area contributed by atoms with Crippen molar-refractivity contribution in [3.05, 3.63) is 0 Å². The van der Waals surface area contributed by atoms with E-state index in [0.29, 0.717) is 24.8 Å². The topological polar surface area (TPSA) is 84.2 Å². The lowest BCUT2D eigenvalue weighted by molar-refractivity contribution is -0.127. The fourth-order valence-electron chi connectivity index (χ4n) is 3.37. The summed E-state index contributed by atoms with van der Waals surface area (Å²) < 4.78 is 0. The first-order valence-electron chi connectivity index (χ1n) is 8.62. The van der Waals surface area contributed by atoms with Crippen LogP contribution in [0.25, 0.3) is 0 Å². The van der Waals surface area contributed by atoms with E-state index in [4.69, 9.17) is 5.73 Å². The third-order valence-electron chi connectivity index (χ3n) is 4.40. The molecule has 4 N–H and O–H groups in total. The van der Waals surface area contributed by atoms with Crippen molar-refractivity contribution in [1.82, 2.24) is 10.6 Å². The highest BCUT2D eigenvalue weighted by Crippen LogP contribution is 2.25. The molecule has 0 bridgehead atoms. The highest BCUT2D eigenvalue weighted by Gasteiger charge is 2.26. The Morgan fingerprint density at radius 2 is 1.82 bits per heavy atom. The van der Waals surface area contributed by atoms with Gasteiger partial charge in [-0.3, -0.25) is 9.59 Å². The first-order chi connectivity index (χ1) is 10.3. The lowest BCUT2D eigenvalue weighted by Crippen LogP contribution is -2.54. The van der Waals surface area contributed by atoms with Gasteiger partial charge in [0, 0.05) is 18.5 Å². The fraction of sp³-hybridized carbons (Fsp3) is 0.882. The van der Waals surface area contributed by atoms with Crippen LogP contribution < -0.4 is 16.4 Å². The minimum absolute atomic E-state index is 0.0136. The van der Waals surface area contributed by atoms with Gasteiger partial charge >= 0.3 is 0 Å². The summed E-state index contributed by atoms with van der Waals surface area (Å²) in [4.78, 5) is 23.9. The summed E-state index contributed by atoms with van der Waals surface area (Å²) in [6, 6.07) is 0. The van der Waals surface area contributed by atoms with E-state index in [1.807, 2.05) is 6.92 Å². The normalized spacial score (nSPS) is 18.8. The van der Waals surface area contributed by atoms with Gasteiger partial charge in [0.2, 0.25) is 11.8 Å². The van der Waals surface area contributed by atoms with Gasteiger partial charge in [-0.05, 0) is 38.0 Å².